The number of hydrogen-bond acceptors (Lipinski definition) is 2. The minimum Gasteiger partial charge on any atom is -0.344 e. The Labute approximate surface area is 282 Å². The van der Waals surface area contributed by atoms with E-state index in [-0.39, 0.29) is 5.79 Å². The molecule has 0 bridgehead atoms. The first-order valence-electron chi connectivity index (χ1n) is 20.1. The number of rotatable bonds is 30. The van der Waals surface area contributed by atoms with Crippen molar-refractivity contribution < 1.29 is 9.47 Å². The molecule has 45 heavy (non-hydrogen) atoms. The molecule has 2 heteroatoms. The highest BCUT2D eigenvalue weighted by atomic mass is 16.8. The van der Waals surface area contributed by atoms with Crippen LogP contribution in [0.25, 0.3) is 0 Å². The smallest absolute Gasteiger partial charge is 0.169 e. The molecule has 0 aromatic carbocycles. The van der Waals surface area contributed by atoms with Crippen LogP contribution in [-0.4, -0.2) is 18.0 Å². The summed E-state index contributed by atoms with van der Waals surface area (Å²) in [6, 6.07) is 0. The van der Waals surface area contributed by atoms with Crippen LogP contribution >= 0.6 is 0 Å². The van der Waals surface area contributed by atoms with E-state index in [1.54, 1.807) is 0 Å². The first-order valence-corrected chi connectivity index (χ1v) is 20.1. The van der Waals surface area contributed by atoms with Gasteiger partial charge in [0, 0.05) is 12.8 Å². The van der Waals surface area contributed by atoms with Gasteiger partial charge in [-0.1, -0.05) is 146 Å². The molecule has 1 heterocycles. The highest BCUT2D eigenvalue weighted by Gasteiger charge is 2.50. The summed E-state index contributed by atoms with van der Waals surface area (Å²) in [5.41, 5.74) is 0. The van der Waals surface area contributed by atoms with Gasteiger partial charge in [0.1, 0.15) is 0 Å². The molecule has 1 aliphatic heterocycles. The summed E-state index contributed by atoms with van der Waals surface area (Å²) in [4.78, 5) is 0. The van der Waals surface area contributed by atoms with Crippen molar-refractivity contribution in [2.75, 3.05) is 0 Å². The van der Waals surface area contributed by atoms with Gasteiger partial charge in [0.25, 0.3) is 0 Å². The summed E-state index contributed by atoms with van der Waals surface area (Å²) in [5, 5.41) is 0. The SMILES string of the molecule is CCCCC/C=C\C/C=C\CCCCCCCCC1(CCCCCCCC/C=C\C/C=C\CCCCC)O[C@H]2C[C@H](C)C[C@H]2O1. The van der Waals surface area contributed by atoms with E-state index >= 15 is 0 Å². The second kappa shape index (κ2) is 27.9. The summed E-state index contributed by atoms with van der Waals surface area (Å²) in [6.07, 6.45) is 55.4. The van der Waals surface area contributed by atoms with Crippen molar-refractivity contribution in [2.45, 2.75) is 219 Å². The lowest BCUT2D eigenvalue weighted by Gasteiger charge is -2.30. The predicted octanol–water partition coefficient (Wildman–Crippen LogP) is 14.3. The van der Waals surface area contributed by atoms with Crippen molar-refractivity contribution in [3.05, 3.63) is 48.6 Å². The molecule has 0 radical (unpaired) electrons. The van der Waals surface area contributed by atoms with Crippen molar-refractivity contribution >= 4 is 0 Å². The van der Waals surface area contributed by atoms with Gasteiger partial charge in [-0.05, 0) is 95.8 Å². The summed E-state index contributed by atoms with van der Waals surface area (Å²) in [5.74, 6) is 0.474. The van der Waals surface area contributed by atoms with Gasteiger partial charge in [-0.2, -0.15) is 0 Å². The van der Waals surface area contributed by atoms with Crippen LogP contribution < -0.4 is 0 Å². The second-order valence-electron chi connectivity index (χ2n) is 14.5. The lowest BCUT2D eigenvalue weighted by atomic mass is 9.98. The topological polar surface area (TPSA) is 18.5 Å². The maximum Gasteiger partial charge on any atom is 0.169 e. The van der Waals surface area contributed by atoms with Crippen LogP contribution in [0.3, 0.4) is 0 Å². The predicted molar refractivity (Wildman–Crippen MR) is 199 cm³/mol. The summed E-state index contributed by atoms with van der Waals surface area (Å²) in [6.45, 7) is 6.90. The number of fused-ring (bicyclic) bond motifs is 1. The van der Waals surface area contributed by atoms with E-state index < -0.39 is 0 Å². The van der Waals surface area contributed by atoms with Crippen molar-refractivity contribution in [1.29, 1.82) is 0 Å². The van der Waals surface area contributed by atoms with Gasteiger partial charge in [0.15, 0.2) is 5.79 Å². The van der Waals surface area contributed by atoms with Gasteiger partial charge in [-0.15, -0.1) is 0 Å². The van der Waals surface area contributed by atoms with Crippen molar-refractivity contribution in [1.82, 2.24) is 0 Å². The first kappa shape index (κ1) is 40.1. The molecule has 260 valence electrons. The number of allylic oxidation sites excluding steroid dienone is 8. The van der Waals surface area contributed by atoms with Gasteiger partial charge in [-0.25, -0.2) is 0 Å². The normalized spacial score (nSPS) is 21.4. The van der Waals surface area contributed by atoms with Gasteiger partial charge in [-0.3, -0.25) is 0 Å². The number of hydrogen-bond donors (Lipinski definition) is 0. The standard InChI is InChI=1S/C43H76O2/c1-4-6-8-10-12-14-16-18-20-22-24-26-28-30-32-34-36-43(44-41-38-40(3)39-42(41)45-43)37-35-33-31-29-27-25-23-21-19-17-15-13-11-9-7-5-2/h12-15,18-21,40-42H,4-11,16-17,22-39H2,1-3H3/b14-12-,15-13-,20-18-,21-19-/t40-,41-,42+. The fourth-order valence-electron chi connectivity index (χ4n) is 7.15. The second-order valence-corrected chi connectivity index (χ2v) is 14.5. The summed E-state index contributed by atoms with van der Waals surface area (Å²) in [7, 11) is 0. The minimum atomic E-state index is -0.278. The molecule has 0 amide bonds. The molecule has 1 saturated carbocycles. The molecular weight excluding hydrogens is 548 g/mol. The van der Waals surface area contributed by atoms with Gasteiger partial charge < -0.3 is 9.47 Å². The van der Waals surface area contributed by atoms with Gasteiger partial charge >= 0.3 is 0 Å². The lowest BCUT2D eigenvalue weighted by molar-refractivity contribution is -0.192. The zero-order valence-electron chi connectivity index (χ0n) is 30.5. The number of unbranched alkanes of at least 4 members (excludes halogenated alkanes) is 18. The minimum absolute atomic E-state index is 0.278. The average molecular weight is 625 g/mol. The molecule has 0 N–H and O–H groups in total. The lowest BCUT2D eigenvalue weighted by Crippen LogP contribution is -2.32. The molecule has 3 atom stereocenters. The van der Waals surface area contributed by atoms with Crippen molar-refractivity contribution in [3.63, 3.8) is 0 Å². The quantitative estimate of drug-likeness (QED) is 0.0584. The third-order valence-corrected chi connectivity index (χ3v) is 9.93. The Morgan fingerprint density at radius 1 is 0.444 bits per heavy atom. The molecule has 2 fully saturated rings. The largest absolute Gasteiger partial charge is 0.344 e. The molecule has 1 aliphatic carbocycles. The zero-order chi connectivity index (χ0) is 32.1. The van der Waals surface area contributed by atoms with E-state index in [1.165, 1.54) is 154 Å². The van der Waals surface area contributed by atoms with E-state index in [2.05, 4.69) is 69.4 Å². The highest BCUT2D eigenvalue weighted by molar-refractivity contribution is 4.94. The fourth-order valence-corrected chi connectivity index (χ4v) is 7.15. The Hall–Kier alpha value is -1.12. The van der Waals surface area contributed by atoms with E-state index in [4.69, 9.17) is 9.47 Å². The molecule has 0 aromatic heterocycles. The molecule has 0 aromatic rings. The van der Waals surface area contributed by atoms with Crippen molar-refractivity contribution in [3.8, 4) is 0 Å². The van der Waals surface area contributed by atoms with Crippen LogP contribution in [0.4, 0.5) is 0 Å². The van der Waals surface area contributed by atoms with E-state index in [0.717, 1.165) is 31.6 Å². The van der Waals surface area contributed by atoms with Crippen LogP contribution in [-0.2, 0) is 9.47 Å². The molecule has 0 unspecified atom stereocenters. The Morgan fingerprint density at radius 2 is 0.778 bits per heavy atom. The van der Waals surface area contributed by atoms with E-state index in [9.17, 15) is 0 Å². The Kier molecular flexibility index (Phi) is 24.9. The first-order chi connectivity index (χ1) is 22.2. The maximum absolute atomic E-state index is 6.74. The molecule has 2 aliphatic rings. The van der Waals surface area contributed by atoms with E-state index in [0.29, 0.717) is 12.2 Å². The Morgan fingerprint density at radius 3 is 1.16 bits per heavy atom. The average Bonchev–Trinajstić information content (AvgIpc) is 3.54. The number of ether oxygens (including phenoxy) is 2. The Balaban J connectivity index is 1.50. The van der Waals surface area contributed by atoms with E-state index in [1.807, 2.05) is 0 Å². The third-order valence-electron chi connectivity index (χ3n) is 9.93. The van der Waals surface area contributed by atoms with Crippen LogP contribution in [0.5, 0.6) is 0 Å². The molecule has 2 nitrogen and oxygen atoms in total. The summed E-state index contributed by atoms with van der Waals surface area (Å²) < 4.78 is 13.5. The van der Waals surface area contributed by atoms with Crippen LogP contribution in [0.1, 0.15) is 201 Å². The van der Waals surface area contributed by atoms with Gasteiger partial charge in [0.2, 0.25) is 0 Å². The van der Waals surface area contributed by atoms with Gasteiger partial charge in [0.05, 0.1) is 12.2 Å². The molecular formula is C43H76O2. The zero-order valence-corrected chi connectivity index (χ0v) is 30.5. The van der Waals surface area contributed by atoms with Crippen LogP contribution in [0.15, 0.2) is 48.6 Å². The Bertz CT molecular complexity index is 713. The molecule has 1 saturated heterocycles. The fraction of sp³-hybridized carbons (Fsp3) is 0.814. The monoisotopic (exact) mass is 625 g/mol. The van der Waals surface area contributed by atoms with Crippen LogP contribution in [0, 0.1) is 5.92 Å². The van der Waals surface area contributed by atoms with Crippen molar-refractivity contribution in [2.24, 2.45) is 5.92 Å². The molecule has 2 rings (SSSR count). The highest BCUT2D eigenvalue weighted by Crippen LogP contribution is 2.45. The third kappa shape index (κ3) is 20.7. The molecule has 0 spiro atoms. The maximum atomic E-state index is 6.74. The summed E-state index contributed by atoms with van der Waals surface area (Å²) >= 11 is 0. The van der Waals surface area contributed by atoms with Crippen LogP contribution in [0.2, 0.25) is 0 Å².